The first kappa shape index (κ1) is 13.0. The monoisotopic (exact) mass is 224 g/mol. The van der Waals surface area contributed by atoms with E-state index < -0.39 is 0 Å². The zero-order valence-electron chi connectivity index (χ0n) is 10.1. The molecule has 1 aromatic carbocycles. The van der Waals surface area contributed by atoms with Crippen LogP contribution in [0.2, 0.25) is 0 Å². The topological polar surface area (TPSA) is 29.3 Å². The van der Waals surface area contributed by atoms with Crippen LogP contribution in [0.3, 0.4) is 0 Å². The molecule has 0 bridgehead atoms. The fourth-order valence-electron chi connectivity index (χ4n) is 1.84. The Morgan fingerprint density at radius 2 is 2.12 bits per heavy atom. The fraction of sp³-hybridized carbons (Fsp3) is 0.538. The molecule has 1 unspecified atom stereocenters. The van der Waals surface area contributed by atoms with Crippen LogP contribution < -0.4 is 10.6 Å². The summed E-state index contributed by atoms with van der Waals surface area (Å²) in [7, 11) is 0. The molecular formula is C13H21FN2. The summed E-state index contributed by atoms with van der Waals surface area (Å²) >= 11 is 0. The van der Waals surface area contributed by atoms with Crippen LogP contribution in [0.15, 0.2) is 24.3 Å². The molecule has 0 aliphatic heterocycles. The summed E-state index contributed by atoms with van der Waals surface area (Å²) in [6.45, 7) is 5.82. The van der Waals surface area contributed by atoms with Crippen LogP contribution in [0.1, 0.15) is 26.7 Å². The van der Waals surface area contributed by atoms with Gasteiger partial charge in [-0.15, -0.1) is 0 Å². The maximum Gasteiger partial charge on any atom is 0.125 e. The summed E-state index contributed by atoms with van der Waals surface area (Å²) in [4.78, 5) is 2.11. The van der Waals surface area contributed by atoms with Crippen molar-refractivity contribution in [1.29, 1.82) is 0 Å². The zero-order valence-corrected chi connectivity index (χ0v) is 10.1. The first-order valence-electron chi connectivity index (χ1n) is 5.93. The van der Waals surface area contributed by atoms with Crippen LogP contribution in [-0.2, 0) is 0 Å². The minimum absolute atomic E-state index is 0.160. The number of hydrogen-bond acceptors (Lipinski definition) is 2. The van der Waals surface area contributed by atoms with E-state index in [-0.39, 0.29) is 11.9 Å². The molecular weight excluding hydrogens is 203 g/mol. The highest BCUT2D eigenvalue weighted by molar-refractivity contribution is 5.46. The minimum atomic E-state index is -0.194. The summed E-state index contributed by atoms with van der Waals surface area (Å²) in [5, 5.41) is 0. The smallest absolute Gasteiger partial charge is 0.125 e. The van der Waals surface area contributed by atoms with Crippen molar-refractivity contribution in [3.05, 3.63) is 30.1 Å². The van der Waals surface area contributed by atoms with E-state index in [2.05, 4.69) is 18.7 Å². The van der Waals surface area contributed by atoms with E-state index in [1.165, 1.54) is 6.07 Å². The highest BCUT2D eigenvalue weighted by Gasteiger charge is 2.09. The van der Waals surface area contributed by atoms with Gasteiger partial charge in [-0.3, -0.25) is 0 Å². The molecule has 0 radical (unpaired) electrons. The summed E-state index contributed by atoms with van der Waals surface area (Å²) in [6.07, 6.45) is 2.09. The average molecular weight is 224 g/mol. The van der Waals surface area contributed by atoms with E-state index in [0.29, 0.717) is 0 Å². The third-order valence-corrected chi connectivity index (χ3v) is 2.67. The molecule has 1 atom stereocenters. The van der Waals surface area contributed by atoms with E-state index >= 15 is 0 Å². The third-order valence-electron chi connectivity index (χ3n) is 2.67. The quantitative estimate of drug-likeness (QED) is 0.805. The Labute approximate surface area is 97.3 Å². The van der Waals surface area contributed by atoms with E-state index in [9.17, 15) is 4.39 Å². The molecule has 2 N–H and O–H groups in total. The third kappa shape index (κ3) is 3.81. The van der Waals surface area contributed by atoms with Crippen molar-refractivity contribution in [2.24, 2.45) is 5.73 Å². The van der Waals surface area contributed by atoms with Gasteiger partial charge in [0.25, 0.3) is 0 Å². The molecule has 90 valence electrons. The molecule has 1 aromatic rings. The summed E-state index contributed by atoms with van der Waals surface area (Å²) in [5.41, 5.74) is 6.91. The van der Waals surface area contributed by atoms with Gasteiger partial charge >= 0.3 is 0 Å². The van der Waals surface area contributed by atoms with E-state index in [4.69, 9.17) is 5.73 Å². The Morgan fingerprint density at radius 3 is 2.69 bits per heavy atom. The van der Waals surface area contributed by atoms with Crippen molar-refractivity contribution < 1.29 is 4.39 Å². The second-order valence-corrected chi connectivity index (χ2v) is 4.07. The van der Waals surface area contributed by atoms with Gasteiger partial charge in [0, 0.05) is 24.8 Å². The Morgan fingerprint density at radius 1 is 1.38 bits per heavy atom. The minimum Gasteiger partial charge on any atom is -0.370 e. The second-order valence-electron chi connectivity index (χ2n) is 4.07. The first-order chi connectivity index (χ1) is 7.67. The van der Waals surface area contributed by atoms with Crippen LogP contribution in [0.4, 0.5) is 10.1 Å². The van der Waals surface area contributed by atoms with Gasteiger partial charge in [0.1, 0.15) is 5.82 Å². The lowest BCUT2D eigenvalue weighted by molar-refractivity contribution is 0.583. The largest absolute Gasteiger partial charge is 0.370 e. The predicted molar refractivity (Wildman–Crippen MR) is 67.2 cm³/mol. The van der Waals surface area contributed by atoms with E-state index in [1.807, 2.05) is 6.07 Å². The summed E-state index contributed by atoms with van der Waals surface area (Å²) in [6, 6.07) is 6.84. The van der Waals surface area contributed by atoms with Crippen molar-refractivity contribution in [2.75, 3.05) is 18.0 Å². The van der Waals surface area contributed by atoms with Crippen LogP contribution >= 0.6 is 0 Å². The van der Waals surface area contributed by atoms with Gasteiger partial charge < -0.3 is 10.6 Å². The summed E-state index contributed by atoms with van der Waals surface area (Å²) < 4.78 is 13.1. The number of nitrogens with zero attached hydrogens (tertiary/aromatic N) is 1. The van der Waals surface area contributed by atoms with E-state index in [1.54, 1.807) is 12.1 Å². The molecule has 2 nitrogen and oxygen atoms in total. The molecule has 16 heavy (non-hydrogen) atoms. The van der Waals surface area contributed by atoms with E-state index in [0.717, 1.165) is 31.6 Å². The lowest BCUT2D eigenvalue weighted by Gasteiger charge is -2.26. The number of halogens is 1. The van der Waals surface area contributed by atoms with Gasteiger partial charge in [-0.1, -0.05) is 19.4 Å². The van der Waals surface area contributed by atoms with Crippen LogP contribution in [-0.4, -0.2) is 19.1 Å². The Bertz CT molecular complexity index is 315. The molecule has 0 fully saturated rings. The molecule has 0 saturated carbocycles. The van der Waals surface area contributed by atoms with Crippen molar-refractivity contribution in [3.63, 3.8) is 0 Å². The van der Waals surface area contributed by atoms with Crippen LogP contribution in [0, 0.1) is 5.82 Å². The lowest BCUT2D eigenvalue weighted by Crippen LogP contribution is -2.37. The fourth-order valence-corrected chi connectivity index (χ4v) is 1.84. The molecule has 1 rings (SSSR count). The Hall–Kier alpha value is -1.09. The first-order valence-corrected chi connectivity index (χ1v) is 5.93. The molecule has 0 aliphatic carbocycles. The number of benzene rings is 1. The van der Waals surface area contributed by atoms with Gasteiger partial charge in [-0.25, -0.2) is 4.39 Å². The highest BCUT2D eigenvalue weighted by atomic mass is 19.1. The van der Waals surface area contributed by atoms with Crippen molar-refractivity contribution in [1.82, 2.24) is 0 Å². The number of nitrogens with two attached hydrogens (primary N) is 1. The number of hydrogen-bond donors (Lipinski definition) is 1. The Kier molecular flexibility index (Phi) is 5.26. The SMILES string of the molecule is CCCC(N)CN(CC)c1cccc(F)c1. The van der Waals surface area contributed by atoms with Gasteiger partial charge in [-0.2, -0.15) is 0 Å². The standard InChI is InChI=1S/C13H21FN2/c1-3-6-12(15)10-16(4-2)13-8-5-7-11(14)9-13/h5,7-9,12H,3-4,6,10,15H2,1-2H3. The molecule has 0 saturated heterocycles. The molecule has 3 heteroatoms. The molecule has 0 spiro atoms. The van der Waals surface area contributed by atoms with Gasteiger partial charge in [0.15, 0.2) is 0 Å². The maximum absolute atomic E-state index is 13.1. The van der Waals surface area contributed by atoms with Crippen molar-refractivity contribution in [3.8, 4) is 0 Å². The second kappa shape index (κ2) is 6.48. The van der Waals surface area contributed by atoms with Crippen molar-refractivity contribution >= 4 is 5.69 Å². The lowest BCUT2D eigenvalue weighted by atomic mass is 10.1. The van der Waals surface area contributed by atoms with Crippen LogP contribution in [0.5, 0.6) is 0 Å². The van der Waals surface area contributed by atoms with Gasteiger partial charge in [0.2, 0.25) is 0 Å². The molecule has 0 aromatic heterocycles. The highest BCUT2D eigenvalue weighted by Crippen LogP contribution is 2.15. The van der Waals surface area contributed by atoms with Crippen molar-refractivity contribution in [2.45, 2.75) is 32.7 Å². The van der Waals surface area contributed by atoms with Crippen LogP contribution in [0.25, 0.3) is 0 Å². The zero-order chi connectivity index (χ0) is 12.0. The molecule has 0 amide bonds. The maximum atomic E-state index is 13.1. The van der Waals surface area contributed by atoms with Gasteiger partial charge in [0.05, 0.1) is 0 Å². The number of likely N-dealkylation sites (N-methyl/N-ethyl adjacent to an activating group) is 1. The predicted octanol–water partition coefficient (Wildman–Crippen LogP) is 2.78. The Balaban J connectivity index is 2.67. The molecule has 0 heterocycles. The molecule has 0 aliphatic rings. The average Bonchev–Trinajstić information content (AvgIpc) is 2.26. The summed E-state index contributed by atoms with van der Waals surface area (Å²) in [5.74, 6) is -0.194. The number of rotatable bonds is 6. The normalized spacial score (nSPS) is 12.5. The number of anilines is 1. The van der Waals surface area contributed by atoms with Gasteiger partial charge in [-0.05, 0) is 31.5 Å².